The molecule has 4 aromatic rings. The van der Waals surface area contributed by atoms with Gasteiger partial charge in [-0.05, 0) is 61.5 Å². The van der Waals surface area contributed by atoms with E-state index in [2.05, 4.69) is 14.9 Å². The first-order valence-corrected chi connectivity index (χ1v) is 11.7. The Balaban J connectivity index is 1.59. The molecule has 1 N–H and O–H groups in total. The zero-order valence-corrected chi connectivity index (χ0v) is 19.2. The van der Waals surface area contributed by atoms with E-state index in [0.717, 1.165) is 5.56 Å². The number of nitrogens with zero attached hydrogens (tertiary/aromatic N) is 2. The van der Waals surface area contributed by atoms with Crippen molar-refractivity contribution in [3.8, 4) is 5.75 Å². The minimum absolute atomic E-state index is 0.0140. The summed E-state index contributed by atoms with van der Waals surface area (Å²) in [5.74, 6) is 0.878. The van der Waals surface area contributed by atoms with Crippen LogP contribution in [0.25, 0.3) is 11.6 Å². The van der Waals surface area contributed by atoms with Crippen LogP contribution in [0.1, 0.15) is 34.0 Å². The molecule has 0 bridgehead atoms. The van der Waals surface area contributed by atoms with Gasteiger partial charge in [-0.2, -0.15) is 0 Å². The number of carbonyl (C=O) groups excluding carboxylic acids is 1. The van der Waals surface area contributed by atoms with Crippen LogP contribution >= 0.6 is 0 Å². The molecule has 34 heavy (non-hydrogen) atoms. The number of ketones is 1. The number of rotatable bonds is 9. The number of hydrogen-bond acceptors (Lipinski definition) is 8. The summed E-state index contributed by atoms with van der Waals surface area (Å²) in [5.41, 5.74) is 1.75. The summed E-state index contributed by atoms with van der Waals surface area (Å²) in [5, 5.41) is 7.73. The molecule has 0 saturated carbocycles. The molecular weight excluding hydrogens is 458 g/mol. The van der Waals surface area contributed by atoms with E-state index < -0.39 is 10.0 Å². The average Bonchev–Trinajstić information content (AvgIpc) is 3.51. The first-order chi connectivity index (χ1) is 16.3. The van der Waals surface area contributed by atoms with Gasteiger partial charge in [0.05, 0.1) is 18.3 Å². The summed E-state index contributed by atoms with van der Waals surface area (Å²) in [6.45, 7) is 1.86. The maximum Gasteiger partial charge on any atom is 0.330 e. The van der Waals surface area contributed by atoms with Gasteiger partial charge in [-0.25, -0.2) is 13.1 Å². The van der Waals surface area contributed by atoms with Gasteiger partial charge in [-0.1, -0.05) is 22.8 Å². The molecule has 0 saturated heterocycles. The molecule has 0 fully saturated rings. The highest BCUT2D eigenvalue weighted by atomic mass is 32.2. The Labute approximate surface area is 196 Å². The molecular formula is C24H21N3O6S. The van der Waals surface area contributed by atoms with Gasteiger partial charge in [0.25, 0.3) is 10.0 Å². The predicted molar refractivity (Wildman–Crippen MR) is 125 cm³/mol. The van der Waals surface area contributed by atoms with Gasteiger partial charge in [0, 0.05) is 17.6 Å². The maximum absolute atomic E-state index is 12.9. The number of aromatic nitrogens is 2. The SMILES string of the molecule is COc1ccc(C(=O)C/C(=C\c2ccco2)c2nnc(NS(=O)(=O)c3ccc(C)cc3)o2)cc1. The molecule has 0 aliphatic rings. The zero-order chi connectivity index (χ0) is 24.1. The van der Waals surface area contributed by atoms with E-state index in [9.17, 15) is 13.2 Å². The van der Waals surface area contributed by atoms with E-state index in [1.54, 1.807) is 61.7 Å². The van der Waals surface area contributed by atoms with Crippen LogP contribution in [0.5, 0.6) is 5.75 Å². The molecule has 174 valence electrons. The number of anilines is 1. The number of nitrogens with one attached hydrogen (secondary N) is 1. The van der Waals surface area contributed by atoms with Gasteiger partial charge in [0.1, 0.15) is 11.5 Å². The van der Waals surface area contributed by atoms with E-state index >= 15 is 0 Å². The minimum atomic E-state index is -3.93. The Kier molecular flexibility index (Phi) is 6.60. The molecule has 0 radical (unpaired) electrons. The minimum Gasteiger partial charge on any atom is -0.497 e. The van der Waals surface area contributed by atoms with Crippen molar-refractivity contribution in [3.63, 3.8) is 0 Å². The van der Waals surface area contributed by atoms with Crippen LogP contribution in [0.3, 0.4) is 0 Å². The van der Waals surface area contributed by atoms with E-state index in [1.165, 1.54) is 18.4 Å². The summed E-state index contributed by atoms with van der Waals surface area (Å²) in [6, 6.07) is 16.1. The highest BCUT2D eigenvalue weighted by molar-refractivity contribution is 7.92. The highest BCUT2D eigenvalue weighted by Gasteiger charge is 2.21. The lowest BCUT2D eigenvalue weighted by Gasteiger charge is -2.05. The first-order valence-electron chi connectivity index (χ1n) is 10.2. The Bertz CT molecular complexity index is 1400. The Morgan fingerprint density at radius 1 is 1.06 bits per heavy atom. The second-order valence-electron chi connectivity index (χ2n) is 7.34. The topological polar surface area (TPSA) is 125 Å². The van der Waals surface area contributed by atoms with E-state index in [-0.39, 0.29) is 29.0 Å². The van der Waals surface area contributed by atoms with Crippen molar-refractivity contribution < 1.29 is 26.8 Å². The lowest BCUT2D eigenvalue weighted by atomic mass is 10.0. The van der Waals surface area contributed by atoms with Crippen LogP contribution < -0.4 is 9.46 Å². The third-order valence-corrected chi connectivity index (χ3v) is 6.21. The second kappa shape index (κ2) is 9.75. The molecule has 0 atom stereocenters. The molecule has 0 unspecified atom stereocenters. The summed E-state index contributed by atoms with van der Waals surface area (Å²) in [7, 11) is -2.39. The fourth-order valence-corrected chi connectivity index (χ4v) is 4.00. The maximum atomic E-state index is 12.9. The van der Waals surface area contributed by atoms with Crippen LogP contribution in [0.15, 0.2) is 80.7 Å². The molecule has 0 amide bonds. The largest absolute Gasteiger partial charge is 0.497 e. The van der Waals surface area contributed by atoms with Gasteiger partial charge in [-0.3, -0.25) is 4.79 Å². The number of Topliss-reactive ketones (excluding diaryl/α,β-unsaturated/α-hetero) is 1. The van der Waals surface area contributed by atoms with Gasteiger partial charge in [0.2, 0.25) is 5.89 Å². The molecule has 0 aliphatic heterocycles. The van der Waals surface area contributed by atoms with Crippen molar-refractivity contribution in [3.05, 3.63) is 89.7 Å². The van der Waals surface area contributed by atoms with Crippen LogP contribution in [0, 0.1) is 6.92 Å². The van der Waals surface area contributed by atoms with E-state index in [1.807, 2.05) is 6.92 Å². The number of aryl methyl sites for hydroxylation is 1. The van der Waals surface area contributed by atoms with Crippen molar-refractivity contribution in [2.75, 3.05) is 11.8 Å². The van der Waals surface area contributed by atoms with Crippen LogP contribution in [0.2, 0.25) is 0 Å². The first kappa shape index (κ1) is 23.0. The van der Waals surface area contributed by atoms with Crippen molar-refractivity contribution >= 4 is 33.5 Å². The smallest absolute Gasteiger partial charge is 0.330 e. The van der Waals surface area contributed by atoms with Crippen molar-refractivity contribution in [2.24, 2.45) is 0 Å². The summed E-state index contributed by atoms with van der Waals surface area (Å²) in [6.07, 6.45) is 3.00. The van der Waals surface area contributed by atoms with E-state index in [4.69, 9.17) is 13.6 Å². The highest BCUT2D eigenvalue weighted by Crippen LogP contribution is 2.26. The summed E-state index contributed by atoms with van der Waals surface area (Å²) < 4.78 is 43.6. The zero-order valence-electron chi connectivity index (χ0n) is 18.4. The van der Waals surface area contributed by atoms with E-state index in [0.29, 0.717) is 22.6 Å². The fourth-order valence-electron chi connectivity index (χ4n) is 3.07. The number of carbonyl (C=O) groups is 1. The fraction of sp³-hybridized carbons (Fsp3) is 0.125. The quantitative estimate of drug-likeness (QED) is 0.346. The molecule has 0 spiro atoms. The summed E-state index contributed by atoms with van der Waals surface area (Å²) in [4.78, 5) is 12.9. The van der Waals surface area contributed by atoms with Gasteiger partial charge < -0.3 is 13.6 Å². The predicted octanol–water partition coefficient (Wildman–Crippen LogP) is 4.59. The number of sulfonamides is 1. The lowest BCUT2D eigenvalue weighted by Crippen LogP contribution is -2.13. The average molecular weight is 480 g/mol. The normalized spacial score (nSPS) is 11.9. The van der Waals surface area contributed by atoms with Gasteiger partial charge in [-0.15, -0.1) is 5.10 Å². The number of methoxy groups -OCH3 is 1. The van der Waals surface area contributed by atoms with Crippen molar-refractivity contribution in [2.45, 2.75) is 18.2 Å². The number of allylic oxidation sites excluding steroid dienone is 1. The van der Waals surface area contributed by atoms with Crippen LogP contribution in [0.4, 0.5) is 6.01 Å². The molecule has 2 heterocycles. The number of hydrogen-bond donors (Lipinski definition) is 1. The van der Waals surface area contributed by atoms with Crippen LogP contribution in [-0.2, 0) is 10.0 Å². The molecule has 0 aliphatic carbocycles. The molecule has 10 heteroatoms. The van der Waals surface area contributed by atoms with Crippen molar-refractivity contribution in [1.82, 2.24) is 10.2 Å². The Morgan fingerprint density at radius 2 is 1.79 bits per heavy atom. The Morgan fingerprint density at radius 3 is 2.44 bits per heavy atom. The monoisotopic (exact) mass is 479 g/mol. The molecule has 9 nitrogen and oxygen atoms in total. The molecule has 2 aromatic carbocycles. The molecule has 4 rings (SSSR count). The van der Waals surface area contributed by atoms with Gasteiger partial charge in [0.15, 0.2) is 5.78 Å². The third kappa shape index (κ3) is 5.41. The van der Waals surface area contributed by atoms with Crippen molar-refractivity contribution in [1.29, 1.82) is 0 Å². The number of benzene rings is 2. The summed E-state index contributed by atoms with van der Waals surface area (Å²) >= 11 is 0. The standard InChI is InChI=1S/C24H21N3O6S/c1-16-5-11-21(12-6-16)34(29,30)27-24-26-25-23(33-24)18(14-20-4-3-13-32-20)15-22(28)17-7-9-19(31-2)10-8-17/h3-14H,15H2,1-2H3,(H,26,27)/b18-14+. The number of furan rings is 1. The Hall–Kier alpha value is -4.18. The molecule has 2 aromatic heterocycles. The number of ether oxygens (including phenoxy) is 1. The lowest BCUT2D eigenvalue weighted by molar-refractivity contribution is 0.0998. The third-order valence-electron chi connectivity index (χ3n) is 4.88. The van der Waals surface area contributed by atoms with Crippen LogP contribution in [-0.4, -0.2) is 31.5 Å². The second-order valence-corrected chi connectivity index (χ2v) is 9.03. The van der Waals surface area contributed by atoms with Gasteiger partial charge >= 0.3 is 6.01 Å².